The van der Waals surface area contributed by atoms with Crippen LogP contribution in [0.25, 0.3) is 0 Å². The van der Waals surface area contributed by atoms with E-state index < -0.39 is 0 Å². The molecule has 5 rings (SSSR count). The molecule has 0 fully saturated rings. The van der Waals surface area contributed by atoms with Crippen molar-refractivity contribution in [3.05, 3.63) is 89.2 Å². The normalized spacial score (nSPS) is 17.5. The summed E-state index contributed by atoms with van der Waals surface area (Å²) in [6, 6.07) is 17.6. The highest BCUT2D eigenvalue weighted by Gasteiger charge is 2.34. The third-order valence-electron chi connectivity index (χ3n) is 5.17. The van der Waals surface area contributed by atoms with E-state index in [9.17, 15) is 4.79 Å². The lowest BCUT2D eigenvalue weighted by Gasteiger charge is -2.38. The number of carbonyl (C=O) groups is 1. The third-order valence-corrected chi connectivity index (χ3v) is 5.17. The summed E-state index contributed by atoms with van der Waals surface area (Å²) >= 11 is 0. The van der Waals surface area contributed by atoms with Gasteiger partial charge < -0.3 is 14.4 Å². The molecular weight excluding hydrogens is 340 g/mol. The second-order valence-electron chi connectivity index (χ2n) is 6.70. The van der Waals surface area contributed by atoms with E-state index in [0.717, 1.165) is 29.0 Å². The van der Waals surface area contributed by atoms with Gasteiger partial charge in [-0.05, 0) is 47.4 Å². The van der Waals surface area contributed by atoms with E-state index in [4.69, 9.17) is 9.47 Å². The van der Waals surface area contributed by atoms with Crippen molar-refractivity contribution in [2.45, 2.75) is 12.5 Å². The van der Waals surface area contributed by atoms with E-state index in [-0.39, 0.29) is 18.7 Å². The molecule has 3 aromatic rings. The largest absolute Gasteiger partial charge is 0.454 e. The smallest absolute Gasteiger partial charge is 0.254 e. The summed E-state index contributed by atoms with van der Waals surface area (Å²) in [5.41, 5.74) is 4.03. The highest BCUT2D eigenvalue weighted by Crippen LogP contribution is 2.43. The SMILES string of the molecule is O=C(c1ccncc1)N1CCc2cc3c(cc2C1c1ccccc1)OCO3. The molecule has 5 heteroatoms. The van der Waals surface area contributed by atoms with Crippen LogP contribution in [0.5, 0.6) is 11.5 Å². The molecule has 0 saturated heterocycles. The zero-order valence-electron chi connectivity index (χ0n) is 14.7. The second-order valence-corrected chi connectivity index (χ2v) is 6.70. The molecule has 134 valence electrons. The van der Waals surface area contributed by atoms with Crippen LogP contribution in [0.15, 0.2) is 67.0 Å². The van der Waals surface area contributed by atoms with Crippen LogP contribution in [0.4, 0.5) is 0 Å². The summed E-state index contributed by atoms with van der Waals surface area (Å²) in [7, 11) is 0. The molecule has 1 unspecified atom stereocenters. The molecule has 2 aromatic carbocycles. The van der Waals surface area contributed by atoms with Crippen molar-refractivity contribution in [1.29, 1.82) is 0 Å². The fraction of sp³-hybridized carbons (Fsp3) is 0.182. The first-order chi connectivity index (χ1) is 13.3. The maximum Gasteiger partial charge on any atom is 0.254 e. The van der Waals surface area contributed by atoms with E-state index in [1.54, 1.807) is 24.5 Å². The first kappa shape index (κ1) is 15.9. The monoisotopic (exact) mass is 358 g/mol. The number of ether oxygens (including phenoxy) is 2. The van der Waals surface area contributed by atoms with Gasteiger partial charge in [0.15, 0.2) is 11.5 Å². The number of pyridine rings is 1. The maximum absolute atomic E-state index is 13.3. The van der Waals surface area contributed by atoms with Crippen molar-refractivity contribution >= 4 is 5.91 Å². The summed E-state index contributed by atoms with van der Waals surface area (Å²) in [5.74, 6) is 1.54. The number of aromatic nitrogens is 1. The van der Waals surface area contributed by atoms with Crippen LogP contribution in [0.1, 0.15) is 33.1 Å². The van der Waals surface area contributed by atoms with Crippen LogP contribution in [0.3, 0.4) is 0 Å². The van der Waals surface area contributed by atoms with Gasteiger partial charge in [0, 0.05) is 24.5 Å². The zero-order chi connectivity index (χ0) is 18.2. The van der Waals surface area contributed by atoms with Gasteiger partial charge in [0.1, 0.15) is 0 Å². The molecule has 27 heavy (non-hydrogen) atoms. The Kier molecular flexibility index (Phi) is 3.78. The lowest BCUT2D eigenvalue weighted by molar-refractivity contribution is 0.0694. The molecule has 1 amide bonds. The van der Waals surface area contributed by atoms with Crippen LogP contribution < -0.4 is 9.47 Å². The van der Waals surface area contributed by atoms with E-state index in [2.05, 4.69) is 23.2 Å². The molecular formula is C22H18N2O3. The number of fused-ring (bicyclic) bond motifs is 2. The van der Waals surface area contributed by atoms with Crippen LogP contribution >= 0.6 is 0 Å². The minimum absolute atomic E-state index is 0.00886. The van der Waals surface area contributed by atoms with Crippen molar-refractivity contribution in [2.24, 2.45) is 0 Å². The number of amides is 1. The highest BCUT2D eigenvalue weighted by molar-refractivity contribution is 5.94. The Balaban J connectivity index is 1.63. The molecule has 3 heterocycles. The summed E-state index contributed by atoms with van der Waals surface area (Å²) in [4.78, 5) is 19.2. The number of nitrogens with zero attached hydrogens (tertiary/aromatic N) is 2. The van der Waals surface area contributed by atoms with Crippen LogP contribution in [-0.4, -0.2) is 29.1 Å². The molecule has 1 aromatic heterocycles. The standard InChI is InChI=1S/C22H18N2O3/c25-22(16-6-9-23-10-7-16)24-11-8-17-12-19-20(27-14-26-19)13-18(17)21(24)15-4-2-1-3-5-15/h1-7,9-10,12-13,21H,8,11,14H2. The second kappa shape index (κ2) is 6.43. The van der Waals surface area contributed by atoms with Crippen molar-refractivity contribution in [2.75, 3.05) is 13.3 Å². The van der Waals surface area contributed by atoms with Crippen molar-refractivity contribution < 1.29 is 14.3 Å². The molecule has 2 aliphatic rings. The molecule has 0 N–H and O–H groups in total. The molecule has 0 aliphatic carbocycles. The van der Waals surface area contributed by atoms with Crippen molar-refractivity contribution in [3.8, 4) is 11.5 Å². The van der Waals surface area contributed by atoms with Gasteiger partial charge in [-0.15, -0.1) is 0 Å². The van der Waals surface area contributed by atoms with E-state index in [0.29, 0.717) is 12.1 Å². The van der Waals surface area contributed by atoms with Crippen LogP contribution in [-0.2, 0) is 6.42 Å². The Hall–Kier alpha value is -3.34. The topological polar surface area (TPSA) is 51.7 Å². The minimum Gasteiger partial charge on any atom is -0.454 e. The summed E-state index contributed by atoms with van der Waals surface area (Å²) < 4.78 is 11.1. The summed E-state index contributed by atoms with van der Waals surface area (Å²) in [5, 5.41) is 0. The van der Waals surface area contributed by atoms with Gasteiger partial charge in [0.2, 0.25) is 6.79 Å². The first-order valence-electron chi connectivity index (χ1n) is 8.99. The molecule has 0 saturated carbocycles. The van der Waals surface area contributed by atoms with Gasteiger partial charge in [-0.25, -0.2) is 0 Å². The Bertz CT molecular complexity index is 989. The molecule has 0 radical (unpaired) electrons. The number of benzene rings is 2. The molecule has 2 aliphatic heterocycles. The minimum atomic E-state index is -0.162. The predicted molar refractivity (Wildman–Crippen MR) is 99.8 cm³/mol. The lowest BCUT2D eigenvalue weighted by Crippen LogP contribution is -2.40. The van der Waals surface area contributed by atoms with Gasteiger partial charge >= 0.3 is 0 Å². The molecule has 0 bridgehead atoms. The molecule has 0 spiro atoms. The van der Waals surface area contributed by atoms with E-state index >= 15 is 0 Å². The number of rotatable bonds is 2. The summed E-state index contributed by atoms with van der Waals surface area (Å²) in [6.07, 6.45) is 4.09. The number of hydrogen-bond acceptors (Lipinski definition) is 4. The maximum atomic E-state index is 13.3. The molecule has 1 atom stereocenters. The number of carbonyl (C=O) groups excluding carboxylic acids is 1. The van der Waals surface area contributed by atoms with E-state index in [1.165, 1.54) is 5.56 Å². The van der Waals surface area contributed by atoms with Crippen LogP contribution in [0.2, 0.25) is 0 Å². The predicted octanol–water partition coefficient (Wildman–Crippen LogP) is 3.60. The van der Waals surface area contributed by atoms with Gasteiger partial charge in [-0.1, -0.05) is 30.3 Å². The zero-order valence-corrected chi connectivity index (χ0v) is 14.7. The molecule has 5 nitrogen and oxygen atoms in total. The van der Waals surface area contributed by atoms with Gasteiger partial charge in [0.25, 0.3) is 5.91 Å². The third kappa shape index (κ3) is 2.72. The average molecular weight is 358 g/mol. The Morgan fingerprint density at radius 2 is 1.74 bits per heavy atom. The van der Waals surface area contributed by atoms with Gasteiger partial charge in [-0.3, -0.25) is 9.78 Å². The Morgan fingerprint density at radius 1 is 1.00 bits per heavy atom. The fourth-order valence-corrected chi connectivity index (χ4v) is 3.88. The van der Waals surface area contributed by atoms with E-state index in [1.807, 2.05) is 29.2 Å². The quantitative estimate of drug-likeness (QED) is 0.702. The van der Waals surface area contributed by atoms with Crippen LogP contribution in [0, 0.1) is 0 Å². The highest BCUT2D eigenvalue weighted by atomic mass is 16.7. The first-order valence-corrected chi connectivity index (χ1v) is 8.99. The Morgan fingerprint density at radius 3 is 2.52 bits per heavy atom. The Labute approximate surface area is 157 Å². The van der Waals surface area contributed by atoms with Gasteiger partial charge in [-0.2, -0.15) is 0 Å². The van der Waals surface area contributed by atoms with Crippen molar-refractivity contribution in [1.82, 2.24) is 9.88 Å². The lowest BCUT2D eigenvalue weighted by atomic mass is 9.87. The number of hydrogen-bond donors (Lipinski definition) is 0. The average Bonchev–Trinajstić information content (AvgIpc) is 3.19. The van der Waals surface area contributed by atoms with Crippen molar-refractivity contribution in [3.63, 3.8) is 0 Å². The fourth-order valence-electron chi connectivity index (χ4n) is 3.88. The van der Waals surface area contributed by atoms with Gasteiger partial charge in [0.05, 0.1) is 6.04 Å². The summed E-state index contributed by atoms with van der Waals surface area (Å²) in [6.45, 7) is 0.890.